The smallest absolute Gasteiger partial charge is 0.384 e. The minimum absolute atomic E-state index is 0.0584. The molecule has 2 nitrogen and oxygen atoms in total. The van der Waals surface area contributed by atoms with Crippen LogP contribution in [0.4, 0.5) is 22.0 Å². The van der Waals surface area contributed by atoms with Crippen LogP contribution in [0.1, 0.15) is 27.2 Å². The summed E-state index contributed by atoms with van der Waals surface area (Å²) in [5, 5.41) is 18.0. The molecule has 0 aliphatic carbocycles. The van der Waals surface area contributed by atoms with Crippen molar-refractivity contribution in [1.82, 2.24) is 0 Å². The fourth-order valence-electron chi connectivity index (χ4n) is 0.924. The van der Waals surface area contributed by atoms with E-state index in [1.165, 1.54) is 0 Å². The molecule has 2 unspecified atom stereocenters. The standard InChI is InChI=1S/C8H13F5O2/c1-4-5(2,14)7(9,10)6(3,15)8(11,12)13/h14-15H,4H2,1-3H3. The van der Waals surface area contributed by atoms with E-state index in [2.05, 4.69) is 0 Å². The number of alkyl halides is 5. The van der Waals surface area contributed by atoms with Gasteiger partial charge in [0.25, 0.3) is 0 Å². The quantitative estimate of drug-likeness (QED) is 0.736. The average Bonchev–Trinajstić information content (AvgIpc) is 2.01. The van der Waals surface area contributed by atoms with Crippen LogP contribution < -0.4 is 0 Å². The van der Waals surface area contributed by atoms with Crippen molar-refractivity contribution in [1.29, 1.82) is 0 Å². The van der Waals surface area contributed by atoms with Crippen molar-refractivity contribution in [3.05, 3.63) is 0 Å². The molecule has 0 aromatic heterocycles. The lowest BCUT2D eigenvalue weighted by Crippen LogP contribution is -2.65. The molecule has 0 amide bonds. The largest absolute Gasteiger partial charge is 0.423 e. The van der Waals surface area contributed by atoms with Gasteiger partial charge in [0.1, 0.15) is 5.60 Å². The highest BCUT2D eigenvalue weighted by molar-refractivity contribution is 5.05. The van der Waals surface area contributed by atoms with Crippen LogP contribution in [0.2, 0.25) is 0 Å². The first-order valence-corrected chi connectivity index (χ1v) is 4.20. The van der Waals surface area contributed by atoms with Crippen LogP contribution in [-0.2, 0) is 0 Å². The summed E-state index contributed by atoms with van der Waals surface area (Å²) in [7, 11) is 0. The van der Waals surface area contributed by atoms with Crippen molar-refractivity contribution < 1.29 is 32.2 Å². The third kappa shape index (κ3) is 2.08. The summed E-state index contributed by atoms with van der Waals surface area (Å²) >= 11 is 0. The van der Waals surface area contributed by atoms with Gasteiger partial charge in [0.15, 0.2) is 0 Å². The Hall–Kier alpha value is -0.430. The third-order valence-electron chi connectivity index (χ3n) is 2.53. The maximum absolute atomic E-state index is 13.3. The van der Waals surface area contributed by atoms with Gasteiger partial charge < -0.3 is 10.2 Å². The Morgan fingerprint density at radius 3 is 1.47 bits per heavy atom. The highest BCUT2D eigenvalue weighted by atomic mass is 19.4. The van der Waals surface area contributed by atoms with Crippen molar-refractivity contribution in [3.8, 4) is 0 Å². The van der Waals surface area contributed by atoms with Gasteiger partial charge in [-0.3, -0.25) is 0 Å². The summed E-state index contributed by atoms with van der Waals surface area (Å²) in [6, 6.07) is 0. The topological polar surface area (TPSA) is 40.5 Å². The highest BCUT2D eigenvalue weighted by Gasteiger charge is 2.71. The molecule has 0 fully saturated rings. The van der Waals surface area contributed by atoms with E-state index in [1.807, 2.05) is 0 Å². The fourth-order valence-corrected chi connectivity index (χ4v) is 0.924. The Morgan fingerprint density at radius 1 is 0.933 bits per heavy atom. The van der Waals surface area contributed by atoms with E-state index in [0.717, 1.165) is 6.92 Å². The third-order valence-corrected chi connectivity index (χ3v) is 2.53. The lowest BCUT2D eigenvalue weighted by molar-refractivity contribution is -0.359. The van der Waals surface area contributed by atoms with Crippen LogP contribution in [0.15, 0.2) is 0 Å². The molecule has 0 radical (unpaired) electrons. The summed E-state index contributed by atoms with van der Waals surface area (Å²) in [6.07, 6.45) is -6.14. The summed E-state index contributed by atoms with van der Waals surface area (Å²) in [5.41, 5.74) is -7.19. The Labute approximate surface area is 83.7 Å². The molecule has 0 aromatic rings. The van der Waals surface area contributed by atoms with E-state index in [9.17, 15) is 22.0 Å². The normalized spacial score (nSPS) is 22.0. The number of halogens is 5. The van der Waals surface area contributed by atoms with Crippen LogP contribution in [0.3, 0.4) is 0 Å². The van der Waals surface area contributed by atoms with Crippen molar-refractivity contribution in [2.75, 3.05) is 0 Å². The van der Waals surface area contributed by atoms with Gasteiger partial charge in [-0.2, -0.15) is 22.0 Å². The van der Waals surface area contributed by atoms with Crippen LogP contribution in [0, 0.1) is 0 Å². The van der Waals surface area contributed by atoms with Crippen molar-refractivity contribution in [3.63, 3.8) is 0 Å². The first-order chi connectivity index (χ1) is 6.31. The van der Waals surface area contributed by atoms with Crippen LogP contribution in [-0.4, -0.2) is 33.5 Å². The van der Waals surface area contributed by atoms with Gasteiger partial charge in [0, 0.05) is 0 Å². The molecule has 0 saturated heterocycles. The molecular weight excluding hydrogens is 223 g/mol. The molecule has 2 atom stereocenters. The minimum atomic E-state index is -5.52. The van der Waals surface area contributed by atoms with Crippen molar-refractivity contribution in [2.24, 2.45) is 0 Å². The second-order valence-corrected chi connectivity index (χ2v) is 3.77. The second kappa shape index (κ2) is 3.55. The van der Waals surface area contributed by atoms with Gasteiger partial charge >= 0.3 is 12.1 Å². The molecule has 7 heteroatoms. The lowest BCUT2D eigenvalue weighted by atomic mass is 9.82. The Kier molecular flexibility index (Phi) is 3.45. The molecule has 0 saturated carbocycles. The van der Waals surface area contributed by atoms with Crippen LogP contribution in [0.25, 0.3) is 0 Å². The SMILES string of the molecule is CCC(C)(O)C(F)(F)C(C)(O)C(F)(F)F. The van der Waals surface area contributed by atoms with Gasteiger partial charge in [-0.05, 0) is 20.3 Å². The molecule has 0 spiro atoms. The van der Waals surface area contributed by atoms with Gasteiger partial charge in [-0.15, -0.1) is 0 Å². The number of rotatable bonds is 3. The highest BCUT2D eigenvalue weighted by Crippen LogP contribution is 2.48. The van der Waals surface area contributed by atoms with E-state index in [-0.39, 0.29) is 6.92 Å². The Morgan fingerprint density at radius 2 is 1.27 bits per heavy atom. The monoisotopic (exact) mass is 236 g/mol. The molecule has 0 bridgehead atoms. The van der Waals surface area contributed by atoms with E-state index in [4.69, 9.17) is 10.2 Å². The average molecular weight is 236 g/mol. The maximum atomic E-state index is 13.3. The molecule has 0 aliphatic rings. The Bertz CT molecular complexity index is 232. The predicted octanol–water partition coefficient (Wildman–Crippen LogP) is 2.10. The molecule has 0 aliphatic heterocycles. The maximum Gasteiger partial charge on any atom is 0.423 e. The van der Waals surface area contributed by atoms with E-state index < -0.39 is 29.7 Å². The zero-order valence-corrected chi connectivity index (χ0v) is 8.49. The molecule has 15 heavy (non-hydrogen) atoms. The Balaban J connectivity index is 5.38. The number of hydrogen-bond acceptors (Lipinski definition) is 2. The van der Waals surface area contributed by atoms with Crippen LogP contribution in [0.5, 0.6) is 0 Å². The summed E-state index contributed by atoms with van der Waals surface area (Å²) < 4.78 is 63.0. The van der Waals surface area contributed by atoms with Crippen molar-refractivity contribution in [2.45, 2.75) is 50.5 Å². The van der Waals surface area contributed by atoms with E-state index in [0.29, 0.717) is 6.92 Å². The fraction of sp³-hybridized carbons (Fsp3) is 1.00. The van der Waals surface area contributed by atoms with E-state index >= 15 is 0 Å². The number of aliphatic hydroxyl groups is 2. The van der Waals surface area contributed by atoms with Gasteiger partial charge in [-0.25, -0.2) is 0 Å². The van der Waals surface area contributed by atoms with E-state index in [1.54, 1.807) is 0 Å². The molecular formula is C8H13F5O2. The van der Waals surface area contributed by atoms with Gasteiger partial charge in [-0.1, -0.05) is 6.92 Å². The van der Waals surface area contributed by atoms with Crippen LogP contribution >= 0.6 is 0 Å². The molecule has 2 N–H and O–H groups in total. The first-order valence-electron chi connectivity index (χ1n) is 4.20. The zero-order valence-electron chi connectivity index (χ0n) is 8.49. The first kappa shape index (κ1) is 14.6. The predicted molar refractivity (Wildman–Crippen MR) is 42.5 cm³/mol. The molecule has 92 valence electrons. The number of hydrogen-bond donors (Lipinski definition) is 2. The summed E-state index contributed by atoms with van der Waals surface area (Å²) in [5.74, 6) is -4.69. The molecule has 0 rings (SSSR count). The lowest BCUT2D eigenvalue weighted by Gasteiger charge is -2.41. The molecule has 0 aromatic carbocycles. The second-order valence-electron chi connectivity index (χ2n) is 3.77. The summed E-state index contributed by atoms with van der Waals surface area (Å²) in [4.78, 5) is 0. The van der Waals surface area contributed by atoms with Gasteiger partial charge in [0.05, 0.1) is 0 Å². The summed E-state index contributed by atoms with van der Waals surface area (Å²) in [6.45, 7) is 1.59. The van der Waals surface area contributed by atoms with Gasteiger partial charge in [0.2, 0.25) is 5.60 Å². The molecule has 0 heterocycles. The van der Waals surface area contributed by atoms with Crippen molar-refractivity contribution >= 4 is 0 Å². The minimum Gasteiger partial charge on any atom is -0.384 e. The zero-order chi connectivity index (χ0) is 12.7.